The Labute approximate surface area is 103 Å². The van der Waals surface area contributed by atoms with Crippen LogP contribution in [0.3, 0.4) is 0 Å². The van der Waals surface area contributed by atoms with Gasteiger partial charge in [-0.25, -0.2) is 9.97 Å². The van der Waals surface area contributed by atoms with Crippen LogP contribution in [0.4, 0.5) is 17.3 Å². The molecule has 2 rings (SSSR count). The molecular weight excluding hydrogens is 238 g/mol. The number of carbonyl (C=O) groups excluding carboxylic acids is 2. The predicted molar refractivity (Wildman–Crippen MR) is 63.3 cm³/mol. The summed E-state index contributed by atoms with van der Waals surface area (Å²) >= 11 is 0. The molecule has 0 aliphatic carbocycles. The maximum absolute atomic E-state index is 11.8. The maximum atomic E-state index is 11.8. The van der Waals surface area contributed by atoms with Crippen molar-refractivity contribution in [2.75, 3.05) is 30.0 Å². The molecular formula is C10H13N5O3. The Hall–Kier alpha value is -2.38. The predicted octanol–water partition coefficient (Wildman–Crippen LogP) is -0.833. The third-order valence-electron chi connectivity index (χ3n) is 2.81. The van der Waals surface area contributed by atoms with E-state index in [-0.39, 0.29) is 36.2 Å². The lowest BCUT2D eigenvalue weighted by Gasteiger charge is -2.17. The van der Waals surface area contributed by atoms with E-state index in [1.54, 1.807) is 0 Å². The molecule has 1 fully saturated rings. The third-order valence-corrected chi connectivity index (χ3v) is 2.81. The van der Waals surface area contributed by atoms with Crippen molar-refractivity contribution in [1.29, 1.82) is 0 Å². The summed E-state index contributed by atoms with van der Waals surface area (Å²) in [7, 11) is 1.28. The zero-order valence-electron chi connectivity index (χ0n) is 9.79. The summed E-state index contributed by atoms with van der Waals surface area (Å²) in [5.74, 6) is -0.826. The van der Waals surface area contributed by atoms with Gasteiger partial charge in [0.2, 0.25) is 5.91 Å². The number of nitrogens with two attached hydrogens (primary N) is 2. The van der Waals surface area contributed by atoms with Gasteiger partial charge < -0.3 is 16.2 Å². The zero-order chi connectivity index (χ0) is 13.3. The molecule has 1 atom stereocenters. The lowest BCUT2D eigenvalue weighted by molar-refractivity contribution is -0.145. The lowest BCUT2D eigenvalue weighted by atomic mass is 10.1. The van der Waals surface area contributed by atoms with Gasteiger partial charge in [-0.2, -0.15) is 0 Å². The second-order valence-electron chi connectivity index (χ2n) is 3.92. The first-order chi connectivity index (χ1) is 8.54. The van der Waals surface area contributed by atoms with Gasteiger partial charge in [-0.15, -0.1) is 0 Å². The molecule has 2 heterocycles. The van der Waals surface area contributed by atoms with Crippen LogP contribution in [0.2, 0.25) is 0 Å². The van der Waals surface area contributed by atoms with Gasteiger partial charge in [0.05, 0.1) is 13.0 Å². The van der Waals surface area contributed by atoms with Crippen LogP contribution >= 0.6 is 0 Å². The van der Waals surface area contributed by atoms with Gasteiger partial charge >= 0.3 is 5.97 Å². The number of aromatic nitrogens is 2. The average Bonchev–Trinajstić information content (AvgIpc) is 2.74. The van der Waals surface area contributed by atoms with Gasteiger partial charge in [0.15, 0.2) is 11.6 Å². The molecule has 18 heavy (non-hydrogen) atoms. The minimum atomic E-state index is -0.502. The molecule has 0 radical (unpaired) electrons. The van der Waals surface area contributed by atoms with Gasteiger partial charge in [0.1, 0.15) is 12.0 Å². The minimum absolute atomic E-state index is 0.0794. The van der Waals surface area contributed by atoms with Crippen molar-refractivity contribution in [3.8, 4) is 0 Å². The number of carbonyl (C=O) groups is 2. The highest BCUT2D eigenvalue weighted by molar-refractivity contribution is 6.01. The molecule has 1 aliphatic heterocycles. The van der Waals surface area contributed by atoms with Crippen LogP contribution in [0, 0.1) is 5.92 Å². The zero-order valence-corrected chi connectivity index (χ0v) is 9.79. The SMILES string of the molecule is COC(=O)C1CC(=O)N(c2ncnc(N)c2N)C1. The molecule has 0 saturated carbocycles. The van der Waals surface area contributed by atoms with Gasteiger partial charge in [-0.3, -0.25) is 14.5 Å². The van der Waals surface area contributed by atoms with Gasteiger partial charge in [-0.1, -0.05) is 0 Å². The Morgan fingerprint density at radius 1 is 1.50 bits per heavy atom. The molecule has 8 nitrogen and oxygen atoms in total. The van der Waals surface area contributed by atoms with Crippen LogP contribution in [0.25, 0.3) is 0 Å². The number of nitrogen functional groups attached to an aromatic ring is 2. The number of nitrogens with zero attached hydrogens (tertiary/aromatic N) is 3. The van der Waals surface area contributed by atoms with Crippen LogP contribution in [0.15, 0.2) is 6.33 Å². The normalized spacial score (nSPS) is 19.1. The molecule has 96 valence electrons. The van der Waals surface area contributed by atoms with Crippen molar-refractivity contribution in [1.82, 2.24) is 9.97 Å². The summed E-state index contributed by atoms with van der Waals surface area (Å²) in [6, 6.07) is 0. The first kappa shape index (κ1) is 12.1. The first-order valence-corrected chi connectivity index (χ1v) is 5.28. The molecule has 4 N–H and O–H groups in total. The van der Waals surface area contributed by atoms with Crippen LogP contribution in [0.1, 0.15) is 6.42 Å². The van der Waals surface area contributed by atoms with E-state index in [4.69, 9.17) is 11.5 Å². The van der Waals surface area contributed by atoms with E-state index >= 15 is 0 Å². The van der Waals surface area contributed by atoms with E-state index in [0.717, 1.165) is 0 Å². The van der Waals surface area contributed by atoms with E-state index in [9.17, 15) is 9.59 Å². The second kappa shape index (κ2) is 4.47. The topological polar surface area (TPSA) is 124 Å². The number of hydrogen-bond donors (Lipinski definition) is 2. The highest BCUT2D eigenvalue weighted by atomic mass is 16.5. The molecule has 1 unspecified atom stereocenters. The van der Waals surface area contributed by atoms with Gasteiger partial charge in [0.25, 0.3) is 0 Å². The molecule has 0 aromatic carbocycles. The lowest BCUT2D eigenvalue weighted by Crippen LogP contribution is -2.28. The van der Waals surface area contributed by atoms with E-state index in [1.165, 1.54) is 18.3 Å². The first-order valence-electron chi connectivity index (χ1n) is 5.28. The van der Waals surface area contributed by atoms with Crippen molar-refractivity contribution in [2.24, 2.45) is 5.92 Å². The summed E-state index contributed by atoms with van der Waals surface area (Å²) in [4.78, 5) is 32.2. The number of esters is 1. The summed E-state index contributed by atoms with van der Waals surface area (Å²) in [5.41, 5.74) is 11.4. The Bertz CT molecular complexity index is 504. The van der Waals surface area contributed by atoms with Crippen molar-refractivity contribution in [3.63, 3.8) is 0 Å². The fourth-order valence-electron chi connectivity index (χ4n) is 1.85. The number of ether oxygens (including phenoxy) is 1. The molecule has 0 bridgehead atoms. The highest BCUT2D eigenvalue weighted by Gasteiger charge is 2.37. The molecule has 1 aromatic heterocycles. The average molecular weight is 251 g/mol. The van der Waals surface area contributed by atoms with Crippen LogP contribution in [0.5, 0.6) is 0 Å². The number of methoxy groups -OCH3 is 1. The fraction of sp³-hybridized carbons (Fsp3) is 0.400. The third kappa shape index (κ3) is 1.92. The second-order valence-corrected chi connectivity index (χ2v) is 3.92. The Kier molecular flexibility index (Phi) is 3.00. The molecule has 1 amide bonds. The number of hydrogen-bond acceptors (Lipinski definition) is 7. The summed E-state index contributed by atoms with van der Waals surface area (Å²) in [5, 5.41) is 0. The fourth-order valence-corrected chi connectivity index (χ4v) is 1.85. The molecule has 8 heteroatoms. The molecule has 1 aliphatic rings. The van der Waals surface area contributed by atoms with Gasteiger partial charge in [-0.05, 0) is 0 Å². The van der Waals surface area contributed by atoms with E-state index in [1.807, 2.05) is 0 Å². The standard InChI is InChI=1S/C10H13N5O3/c1-18-10(17)5-2-6(16)15(3-5)9-7(11)8(12)13-4-14-9/h4-5H,2-3,11H2,1H3,(H2,12,13,14). The van der Waals surface area contributed by atoms with E-state index in [0.29, 0.717) is 0 Å². The van der Waals surface area contributed by atoms with E-state index < -0.39 is 11.9 Å². The van der Waals surface area contributed by atoms with Crippen LogP contribution in [-0.4, -0.2) is 35.5 Å². The van der Waals surface area contributed by atoms with E-state index in [2.05, 4.69) is 14.7 Å². The summed E-state index contributed by atoms with van der Waals surface area (Å²) < 4.78 is 4.61. The number of anilines is 3. The number of amides is 1. The van der Waals surface area contributed by atoms with Crippen molar-refractivity contribution < 1.29 is 14.3 Å². The van der Waals surface area contributed by atoms with Crippen molar-refractivity contribution in [3.05, 3.63) is 6.33 Å². The molecule has 0 spiro atoms. The highest BCUT2D eigenvalue weighted by Crippen LogP contribution is 2.30. The van der Waals surface area contributed by atoms with Crippen molar-refractivity contribution in [2.45, 2.75) is 6.42 Å². The molecule has 1 aromatic rings. The van der Waals surface area contributed by atoms with Crippen molar-refractivity contribution >= 4 is 29.2 Å². The Morgan fingerprint density at radius 2 is 2.22 bits per heavy atom. The summed E-state index contributed by atoms with van der Waals surface area (Å²) in [6.45, 7) is 0.187. The van der Waals surface area contributed by atoms with Crippen LogP contribution < -0.4 is 16.4 Å². The Balaban J connectivity index is 2.27. The minimum Gasteiger partial charge on any atom is -0.469 e. The van der Waals surface area contributed by atoms with Gasteiger partial charge in [0, 0.05) is 13.0 Å². The quantitative estimate of drug-likeness (QED) is 0.657. The Morgan fingerprint density at radius 3 is 2.89 bits per heavy atom. The molecule has 1 saturated heterocycles. The monoisotopic (exact) mass is 251 g/mol. The van der Waals surface area contributed by atoms with Crippen LogP contribution in [-0.2, 0) is 14.3 Å². The largest absolute Gasteiger partial charge is 0.469 e. The maximum Gasteiger partial charge on any atom is 0.311 e. The summed E-state index contributed by atoms with van der Waals surface area (Å²) in [6.07, 6.45) is 1.30. The number of rotatable bonds is 2. The smallest absolute Gasteiger partial charge is 0.311 e.